The van der Waals surface area contributed by atoms with Crippen LogP contribution in [0.5, 0.6) is 5.75 Å². The standard InChI is InChI=1S/C18H20FN3O4S/c1-27(24,25)22-12-16(26-15-3-2-8-20-11-15)9-17(22)18(23)21-10-13-4-6-14(19)7-5-13/h2-8,11,16-17H,9-10,12H2,1H3,(H,21,23)/t16-,17-/m0/s1. The molecule has 1 aliphatic rings. The number of ether oxygens (including phenoxy) is 1. The summed E-state index contributed by atoms with van der Waals surface area (Å²) in [5.74, 6) is -0.259. The number of halogens is 1. The van der Waals surface area contributed by atoms with Crippen molar-refractivity contribution < 1.29 is 22.3 Å². The number of rotatable bonds is 6. The van der Waals surface area contributed by atoms with Gasteiger partial charge in [-0.25, -0.2) is 12.8 Å². The average molecular weight is 393 g/mol. The highest BCUT2D eigenvalue weighted by atomic mass is 32.2. The van der Waals surface area contributed by atoms with E-state index in [1.54, 1.807) is 30.5 Å². The van der Waals surface area contributed by atoms with E-state index >= 15 is 0 Å². The highest BCUT2D eigenvalue weighted by molar-refractivity contribution is 7.88. The van der Waals surface area contributed by atoms with Gasteiger partial charge in [-0.3, -0.25) is 9.78 Å². The molecule has 1 aliphatic heterocycles. The SMILES string of the molecule is CS(=O)(=O)N1C[C@@H](Oc2cccnc2)C[C@H]1C(=O)NCc1ccc(F)cc1. The van der Waals surface area contributed by atoms with Gasteiger partial charge < -0.3 is 10.1 Å². The van der Waals surface area contributed by atoms with Crippen molar-refractivity contribution in [2.75, 3.05) is 12.8 Å². The predicted octanol–water partition coefficient (Wildman–Crippen LogP) is 1.32. The molecule has 3 rings (SSSR count). The summed E-state index contributed by atoms with van der Waals surface area (Å²) in [7, 11) is -3.58. The second kappa shape index (κ2) is 8.01. The number of aromatic nitrogens is 1. The van der Waals surface area contributed by atoms with Crippen LogP contribution in [0.4, 0.5) is 4.39 Å². The van der Waals surface area contributed by atoms with Crippen LogP contribution in [0.3, 0.4) is 0 Å². The Bertz CT molecular complexity index is 891. The van der Waals surface area contributed by atoms with E-state index in [2.05, 4.69) is 10.3 Å². The highest BCUT2D eigenvalue weighted by Gasteiger charge is 2.42. The van der Waals surface area contributed by atoms with Crippen molar-refractivity contribution in [3.63, 3.8) is 0 Å². The molecule has 2 atom stereocenters. The number of carbonyl (C=O) groups excluding carboxylic acids is 1. The van der Waals surface area contributed by atoms with Gasteiger partial charge in [-0.1, -0.05) is 12.1 Å². The lowest BCUT2D eigenvalue weighted by atomic mass is 10.1. The van der Waals surface area contributed by atoms with Crippen LogP contribution in [0.15, 0.2) is 48.8 Å². The summed E-state index contributed by atoms with van der Waals surface area (Å²) < 4.78 is 44.1. The van der Waals surface area contributed by atoms with Gasteiger partial charge in [0, 0.05) is 19.2 Å². The first-order valence-electron chi connectivity index (χ1n) is 8.38. The smallest absolute Gasteiger partial charge is 0.238 e. The van der Waals surface area contributed by atoms with Crippen LogP contribution in [0.25, 0.3) is 0 Å². The number of nitrogens with zero attached hydrogens (tertiary/aromatic N) is 2. The molecule has 1 amide bonds. The summed E-state index contributed by atoms with van der Waals surface area (Å²) in [5, 5.41) is 2.71. The van der Waals surface area contributed by atoms with Crippen molar-refractivity contribution in [1.29, 1.82) is 0 Å². The van der Waals surface area contributed by atoms with Crippen LogP contribution in [0.1, 0.15) is 12.0 Å². The first-order chi connectivity index (χ1) is 12.8. The number of hydrogen-bond acceptors (Lipinski definition) is 5. The van der Waals surface area contributed by atoms with Crippen LogP contribution in [0.2, 0.25) is 0 Å². The third kappa shape index (κ3) is 5.01. The summed E-state index contributed by atoms with van der Waals surface area (Å²) in [6.45, 7) is 0.268. The average Bonchev–Trinajstić information content (AvgIpc) is 3.06. The molecule has 144 valence electrons. The zero-order valence-electron chi connectivity index (χ0n) is 14.7. The van der Waals surface area contributed by atoms with Gasteiger partial charge in [-0.15, -0.1) is 0 Å². The molecule has 9 heteroatoms. The first-order valence-corrected chi connectivity index (χ1v) is 10.2. The summed E-state index contributed by atoms with van der Waals surface area (Å²) in [5.41, 5.74) is 0.719. The van der Waals surface area contributed by atoms with E-state index in [0.717, 1.165) is 16.1 Å². The van der Waals surface area contributed by atoms with Crippen molar-refractivity contribution in [3.05, 3.63) is 60.2 Å². The maximum Gasteiger partial charge on any atom is 0.238 e. The fourth-order valence-electron chi connectivity index (χ4n) is 2.98. The van der Waals surface area contributed by atoms with Gasteiger partial charge in [0.15, 0.2) is 0 Å². The molecule has 7 nitrogen and oxygen atoms in total. The van der Waals surface area contributed by atoms with Crippen LogP contribution in [-0.4, -0.2) is 48.6 Å². The van der Waals surface area contributed by atoms with E-state index in [-0.39, 0.29) is 25.3 Å². The molecule has 0 unspecified atom stereocenters. The van der Waals surface area contributed by atoms with Crippen LogP contribution in [-0.2, 0) is 21.4 Å². The van der Waals surface area contributed by atoms with Crippen molar-refractivity contribution in [1.82, 2.24) is 14.6 Å². The number of hydrogen-bond donors (Lipinski definition) is 1. The normalized spacial score (nSPS) is 20.4. The van der Waals surface area contributed by atoms with Gasteiger partial charge >= 0.3 is 0 Å². The number of carbonyl (C=O) groups is 1. The third-order valence-corrected chi connectivity index (χ3v) is 5.52. The summed E-state index contributed by atoms with van der Waals surface area (Å²) >= 11 is 0. The van der Waals surface area contributed by atoms with Crippen molar-refractivity contribution in [2.24, 2.45) is 0 Å². The van der Waals surface area contributed by atoms with Crippen LogP contribution in [0, 0.1) is 5.82 Å². The molecule has 1 N–H and O–H groups in total. The molecule has 0 saturated carbocycles. The molecule has 0 spiro atoms. The molecule has 27 heavy (non-hydrogen) atoms. The lowest BCUT2D eigenvalue weighted by molar-refractivity contribution is -0.124. The summed E-state index contributed by atoms with van der Waals surface area (Å²) in [4.78, 5) is 16.5. The molecule has 1 aromatic carbocycles. The van der Waals surface area contributed by atoms with E-state index < -0.39 is 28.1 Å². The lowest BCUT2D eigenvalue weighted by Gasteiger charge is -2.20. The van der Waals surface area contributed by atoms with Crippen LogP contribution < -0.4 is 10.1 Å². The van der Waals surface area contributed by atoms with E-state index in [0.29, 0.717) is 5.75 Å². The van der Waals surface area contributed by atoms with E-state index in [4.69, 9.17) is 4.74 Å². The first kappa shape index (κ1) is 19.2. The zero-order chi connectivity index (χ0) is 19.4. The Morgan fingerprint density at radius 3 is 2.70 bits per heavy atom. The van der Waals surface area contributed by atoms with E-state index in [1.165, 1.54) is 18.3 Å². The van der Waals surface area contributed by atoms with Crippen molar-refractivity contribution >= 4 is 15.9 Å². The lowest BCUT2D eigenvalue weighted by Crippen LogP contribution is -2.45. The summed E-state index contributed by atoms with van der Waals surface area (Å²) in [6, 6.07) is 8.31. The maximum absolute atomic E-state index is 13.0. The monoisotopic (exact) mass is 393 g/mol. The van der Waals surface area contributed by atoms with Gasteiger partial charge in [-0.2, -0.15) is 4.31 Å². The molecule has 1 fully saturated rings. The fourth-order valence-corrected chi connectivity index (χ4v) is 4.06. The quantitative estimate of drug-likeness (QED) is 0.800. The third-order valence-electron chi connectivity index (χ3n) is 4.26. The van der Waals surface area contributed by atoms with Gasteiger partial charge in [0.1, 0.15) is 23.7 Å². The molecule has 0 bridgehead atoms. The second-order valence-corrected chi connectivity index (χ2v) is 8.29. The molecule has 2 heterocycles. The Balaban J connectivity index is 1.67. The topological polar surface area (TPSA) is 88.6 Å². The molecule has 0 radical (unpaired) electrons. The van der Waals surface area contributed by atoms with Gasteiger partial charge in [0.05, 0.1) is 19.0 Å². The molecule has 1 saturated heterocycles. The Morgan fingerprint density at radius 2 is 2.07 bits per heavy atom. The Labute approximate surface area is 157 Å². The van der Waals surface area contributed by atoms with Crippen molar-refractivity contribution in [2.45, 2.75) is 25.1 Å². The Hall–Kier alpha value is -2.52. The fraction of sp³-hybridized carbons (Fsp3) is 0.333. The van der Waals surface area contributed by atoms with Gasteiger partial charge in [-0.05, 0) is 29.8 Å². The highest BCUT2D eigenvalue weighted by Crippen LogP contribution is 2.25. The molecule has 1 aromatic heterocycles. The number of benzene rings is 1. The minimum Gasteiger partial charge on any atom is -0.487 e. The van der Waals surface area contributed by atoms with Crippen molar-refractivity contribution in [3.8, 4) is 5.75 Å². The predicted molar refractivity (Wildman–Crippen MR) is 96.9 cm³/mol. The minimum atomic E-state index is -3.58. The maximum atomic E-state index is 13.0. The Morgan fingerprint density at radius 1 is 1.33 bits per heavy atom. The van der Waals surface area contributed by atoms with Gasteiger partial charge in [0.2, 0.25) is 15.9 Å². The van der Waals surface area contributed by atoms with E-state index in [9.17, 15) is 17.6 Å². The molecule has 2 aromatic rings. The second-order valence-electron chi connectivity index (χ2n) is 6.36. The van der Waals surface area contributed by atoms with Gasteiger partial charge in [0.25, 0.3) is 0 Å². The number of sulfonamides is 1. The zero-order valence-corrected chi connectivity index (χ0v) is 15.5. The summed E-state index contributed by atoms with van der Waals surface area (Å²) in [6.07, 6.45) is 3.99. The van der Waals surface area contributed by atoms with E-state index in [1.807, 2.05) is 0 Å². The molecule has 0 aliphatic carbocycles. The van der Waals surface area contributed by atoms with Crippen LogP contribution >= 0.6 is 0 Å². The number of amides is 1. The Kier molecular flexibility index (Phi) is 5.71. The number of nitrogens with one attached hydrogen (secondary N) is 1. The molecular formula is C18H20FN3O4S. The number of pyridine rings is 1. The minimum absolute atomic E-state index is 0.0857. The largest absolute Gasteiger partial charge is 0.487 e. The molecular weight excluding hydrogens is 373 g/mol.